The predicted octanol–water partition coefficient (Wildman–Crippen LogP) is 5.05. The summed E-state index contributed by atoms with van der Waals surface area (Å²) in [7, 11) is 1.52. The van der Waals surface area contributed by atoms with Crippen LogP contribution in [0.1, 0.15) is 11.1 Å². The Balaban J connectivity index is 2.22. The van der Waals surface area contributed by atoms with E-state index in [0.29, 0.717) is 16.9 Å². The molecular formula is C15H12BrClF2O2. The fraction of sp³-hybridized carbons (Fsp3) is 0.200. The summed E-state index contributed by atoms with van der Waals surface area (Å²) in [5.74, 6) is -1.37. The van der Waals surface area contributed by atoms with Crippen LogP contribution in [-0.4, -0.2) is 7.11 Å². The van der Waals surface area contributed by atoms with Gasteiger partial charge in [0.25, 0.3) is 0 Å². The van der Waals surface area contributed by atoms with Gasteiger partial charge >= 0.3 is 0 Å². The predicted molar refractivity (Wildman–Crippen MR) is 80.9 cm³/mol. The van der Waals surface area contributed by atoms with Gasteiger partial charge in [0, 0.05) is 15.9 Å². The van der Waals surface area contributed by atoms with Gasteiger partial charge in [0.2, 0.25) is 0 Å². The van der Waals surface area contributed by atoms with Crippen LogP contribution < -0.4 is 9.47 Å². The van der Waals surface area contributed by atoms with E-state index in [1.54, 1.807) is 18.2 Å². The fourth-order valence-corrected chi connectivity index (χ4v) is 2.40. The normalized spacial score (nSPS) is 10.5. The van der Waals surface area contributed by atoms with Crippen molar-refractivity contribution in [2.24, 2.45) is 0 Å². The van der Waals surface area contributed by atoms with Gasteiger partial charge in [-0.1, -0.05) is 15.9 Å². The van der Waals surface area contributed by atoms with Crippen molar-refractivity contribution >= 4 is 27.5 Å². The lowest BCUT2D eigenvalue weighted by molar-refractivity contribution is 0.267. The van der Waals surface area contributed by atoms with Crippen LogP contribution in [0.15, 0.2) is 34.8 Å². The van der Waals surface area contributed by atoms with Gasteiger partial charge in [0.15, 0.2) is 17.4 Å². The number of alkyl halides is 1. The molecular weight excluding hydrogens is 366 g/mol. The standard InChI is InChI=1S/C15H12BrClF2O2/c1-20-14-3-2-11(16)6-10(14)8-21-15-12(18)4-9(7-17)5-13(15)19/h2-6H,7-8H2,1H3. The molecule has 0 aromatic heterocycles. The van der Waals surface area contributed by atoms with Crippen LogP contribution >= 0.6 is 27.5 Å². The number of ether oxygens (including phenoxy) is 2. The number of benzene rings is 2. The second-order valence-electron chi connectivity index (χ2n) is 4.27. The Morgan fingerprint density at radius 2 is 1.81 bits per heavy atom. The van der Waals surface area contributed by atoms with E-state index in [1.807, 2.05) is 0 Å². The van der Waals surface area contributed by atoms with Crippen LogP contribution in [-0.2, 0) is 12.5 Å². The third-order valence-electron chi connectivity index (χ3n) is 2.83. The molecule has 0 aliphatic carbocycles. The molecule has 2 rings (SSSR count). The Bertz CT molecular complexity index is 627. The molecule has 0 saturated heterocycles. The van der Waals surface area contributed by atoms with Crippen LogP contribution in [0.2, 0.25) is 0 Å². The van der Waals surface area contributed by atoms with Gasteiger partial charge in [-0.15, -0.1) is 11.6 Å². The van der Waals surface area contributed by atoms with E-state index < -0.39 is 17.4 Å². The highest BCUT2D eigenvalue weighted by atomic mass is 79.9. The van der Waals surface area contributed by atoms with Gasteiger partial charge in [0.1, 0.15) is 12.4 Å². The Hall–Kier alpha value is -1.33. The van der Waals surface area contributed by atoms with Gasteiger partial charge in [0.05, 0.1) is 7.11 Å². The van der Waals surface area contributed by atoms with Crippen molar-refractivity contribution in [1.29, 1.82) is 0 Å². The first-order chi connectivity index (χ1) is 10.0. The van der Waals surface area contributed by atoms with Crippen molar-refractivity contribution in [1.82, 2.24) is 0 Å². The zero-order valence-electron chi connectivity index (χ0n) is 11.1. The molecule has 112 valence electrons. The molecule has 0 atom stereocenters. The van der Waals surface area contributed by atoms with Crippen molar-refractivity contribution in [3.05, 3.63) is 57.6 Å². The summed E-state index contributed by atoms with van der Waals surface area (Å²) in [5.41, 5.74) is 1.03. The maximum Gasteiger partial charge on any atom is 0.191 e. The second kappa shape index (κ2) is 7.09. The maximum absolute atomic E-state index is 13.8. The lowest BCUT2D eigenvalue weighted by Gasteiger charge is -2.12. The summed E-state index contributed by atoms with van der Waals surface area (Å²) in [6.45, 7) is -0.0172. The van der Waals surface area contributed by atoms with Crippen LogP contribution in [0.5, 0.6) is 11.5 Å². The first-order valence-electron chi connectivity index (χ1n) is 6.04. The molecule has 0 radical (unpaired) electrons. The SMILES string of the molecule is COc1ccc(Br)cc1COc1c(F)cc(CCl)cc1F. The van der Waals surface area contributed by atoms with Crippen molar-refractivity contribution in [3.63, 3.8) is 0 Å². The fourth-order valence-electron chi connectivity index (χ4n) is 1.84. The highest BCUT2D eigenvalue weighted by molar-refractivity contribution is 9.10. The molecule has 2 nitrogen and oxygen atoms in total. The quantitative estimate of drug-likeness (QED) is 0.679. The first kappa shape index (κ1) is 16.0. The molecule has 0 fully saturated rings. The third-order valence-corrected chi connectivity index (χ3v) is 3.63. The van der Waals surface area contributed by atoms with E-state index in [2.05, 4.69) is 15.9 Å². The molecule has 0 aliphatic rings. The zero-order chi connectivity index (χ0) is 15.4. The average Bonchev–Trinajstić information content (AvgIpc) is 2.46. The van der Waals surface area contributed by atoms with E-state index in [1.165, 1.54) is 7.11 Å². The van der Waals surface area contributed by atoms with Gasteiger partial charge in [-0.25, -0.2) is 8.78 Å². The minimum atomic E-state index is -0.778. The van der Waals surface area contributed by atoms with E-state index in [4.69, 9.17) is 21.1 Å². The Morgan fingerprint density at radius 1 is 1.14 bits per heavy atom. The highest BCUT2D eigenvalue weighted by Crippen LogP contribution is 2.28. The molecule has 0 N–H and O–H groups in total. The Kier molecular flexibility index (Phi) is 5.42. The van der Waals surface area contributed by atoms with E-state index in [9.17, 15) is 8.78 Å². The van der Waals surface area contributed by atoms with Crippen molar-refractivity contribution < 1.29 is 18.3 Å². The van der Waals surface area contributed by atoms with Gasteiger partial charge in [-0.05, 0) is 35.9 Å². The summed E-state index contributed by atoms with van der Waals surface area (Å²) in [6, 6.07) is 7.62. The van der Waals surface area contributed by atoms with Crippen LogP contribution in [0.4, 0.5) is 8.78 Å². The molecule has 0 saturated carbocycles. The van der Waals surface area contributed by atoms with Crippen molar-refractivity contribution in [2.45, 2.75) is 12.5 Å². The van der Waals surface area contributed by atoms with E-state index >= 15 is 0 Å². The molecule has 0 unspecified atom stereocenters. The molecule has 2 aromatic rings. The number of rotatable bonds is 5. The van der Waals surface area contributed by atoms with Gasteiger partial charge in [-0.3, -0.25) is 0 Å². The van der Waals surface area contributed by atoms with Crippen molar-refractivity contribution in [2.75, 3.05) is 7.11 Å². The average molecular weight is 378 g/mol. The summed E-state index contributed by atoms with van der Waals surface area (Å²) < 4.78 is 38.9. The topological polar surface area (TPSA) is 18.5 Å². The van der Waals surface area contributed by atoms with E-state index in [-0.39, 0.29) is 12.5 Å². The van der Waals surface area contributed by atoms with Crippen LogP contribution in [0.25, 0.3) is 0 Å². The van der Waals surface area contributed by atoms with Crippen LogP contribution in [0, 0.1) is 11.6 Å². The van der Waals surface area contributed by atoms with Crippen LogP contribution in [0.3, 0.4) is 0 Å². The molecule has 0 spiro atoms. The maximum atomic E-state index is 13.8. The van der Waals surface area contributed by atoms with Gasteiger partial charge < -0.3 is 9.47 Å². The largest absolute Gasteiger partial charge is 0.496 e. The van der Waals surface area contributed by atoms with E-state index in [0.717, 1.165) is 16.6 Å². The minimum Gasteiger partial charge on any atom is -0.496 e. The first-order valence-corrected chi connectivity index (χ1v) is 7.37. The number of hydrogen-bond donors (Lipinski definition) is 0. The third kappa shape index (κ3) is 3.86. The zero-order valence-corrected chi connectivity index (χ0v) is 13.5. The highest BCUT2D eigenvalue weighted by Gasteiger charge is 2.14. The molecule has 2 aromatic carbocycles. The summed E-state index contributed by atoms with van der Waals surface area (Å²) in [6.07, 6.45) is 0. The summed E-state index contributed by atoms with van der Waals surface area (Å²) in [5, 5.41) is 0. The minimum absolute atomic E-state index is 0.0172. The molecule has 6 heteroatoms. The molecule has 21 heavy (non-hydrogen) atoms. The Labute approximate surface area is 134 Å². The number of hydrogen-bond acceptors (Lipinski definition) is 2. The molecule has 0 amide bonds. The Morgan fingerprint density at radius 3 is 2.38 bits per heavy atom. The molecule has 0 bridgehead atoms. The second-order valence-corrected chi connectivity index (χ2v) is 5.45. The monoisotopic (exact) mass is 376 g/mol. The molecule has 0 aliphatic heterocycles. The van der Waals surface area contributed by atoms with Gasteiger partial charge in [-0.2, -0.15) is 0 Å². The summed E-state index contributed by atoms with van der Waals surface area (Å²) in [4.78, 5) is 0. The molecule has 0 heterocycles. The summed E-state index contributed by atoms with van der Waals surface area (Å²) >= 11 is 8.88. The van der Waals surface area contributed by atoms with Crippen molar-refractivity contribution in [3.8, 4) is 11.5 Å². The smallest absolute Gasteiger partial charge is 0.191 e. The number of halogens is 4. The lowest BCUT2D eigenvalue weighted by Crippen LogP contribution is -2.02. The lowest BCUT2D eigenvalue weighted by atomic mass is 10.2. The number of methoxy groups -OCH3 is 1.